The standard InChI is InChI=1S/C14H17N5O2S/c1-21-12-6-2-10(3-7-12)15-13(20)8-9-22-14-16-17-18-19(14)11-4-5-11/h2-3,6-7,11H,4-5,8-9H2,1H3,(H,15,20). The molecule has 1 heterocycles. The summed E-state index contributed by atoms with van der Waals surface area (Å²) in [6.07, 6.45) is 2.68. The molecule has 1 fully saturated rings. The van der Waals surface area contributed by atoms with Gasteiger partial charge in [0.25, 0.3) is 0 Å². The van der Waals surface area contributed by atoms with Crippen LogP contribution in [0.15, 0.2) is 29.4 Å². The highest BCUT2D eigenvalue weighted by Gasteiger charge is 2.27. The van der Waals surface area contributed by atoms with Crippen molar-refractivity contribution in [3.05, 3.63) is 24.3 Å². The summed E-state index contributed by atoms with van der Waals surface area (Å²) in [5, 5.41) is 15.3. The molecule has 1 aromatic heterocycles. The van der Waals surface area contributed by atoms with Crippen LogP contribution in [0, 0.1) is 0 Å². The van der Waals surface area contributed by atoms with Gasteiger partial charge in [0, 0.05) is 17.9 Å². The fourth-order valence-electron chi connectivity index (χ4n) is 1.96. The van der Waals surface area contributed by atoms with Gasteiger partial charge in [-0.2, -0.15) is 0 Å². The van der Waals surface area contributed by atoms with E-state index in [0.717, 1.165) is 29.4 Å². The summed E-state index contributed by atoms with van der Waals surface area (Å²) in [5.74, 6) is 1.39. The molecule has 0 spiro atoms. The van der Waals surface area contributed by atoms with Gasteiger partial charge in [-0.15, -0.1) is 5.10 Å². The van der Waals surface area contributed by atoms with Crippen LogP contribution >= 0.6 is 11.8 Å². The number of methoxy groups -OCH3 is 1. The summed E-state index contributed by atoms with van der Waals surface area (Å²) in [4.78, 5) is 11.9. The van der Waals surface area contributed by atoms with Crippen molar-refractivity contribution in [2.75, 3.05) is 18.2 Å². The maximum Gasteiger partial charge on any atom is 0.225 e. The molecule has 0 unspecified atom stereocenters. The number of hydrogen-bond acceptors (Lipinski definition) is 6. The van der Waals surface area contributed by atoms with Crippen LogP contribution in [0.25, 0.3) is 0 Å². The molecule has 1 aliphatic rings. The number of nitrogens with zero attached hydrogens (tertiary/aromatic N) is 4. The third kappa shape index (κ3) is 3.76. The molecule has 8 heteroatoms. The first-order chi connectivity index (χ1) is 10.8. The second-order valence-electron chi connectivity index (χ2n) is 5.01. The number of aromatic nitrogens is 4. The van der Waals surface area contributed by atoms with E-state index in [0.29, 0.717) is 18.2 Å². The van der Waals surface area contributed by atoms with Gasteiger partial charge in [0.05, 0.1) is 13.2 Å². The maximum atomic E-state index is 11.9. The van der Waals surface area contributed by atoms with Crippen molar-refractivity contribution >= 4 is 23.4 Å². The van der Waals surface area contributed by atoms with E-state index in [1.165, 1.54) is 11.8 Å². The molecule has 2 aromatic rings. The zero-order chi connectivity index (χ0) is 15.4. The lowest BCUT2D eigenvalue weighted by molar-refractivity contribution is -0.115. The molecule has 0 bridgehead atoms. The van der Waals surface area contributed by atoms with Crippen LogP contribution in [0.5, 0.6) is 5.75 Å². The second-order valence-corrected chi connectivity index (χ2v) is 6.07. The van der Waals surface area contributed by atoms with Gasteiger partial charge in [-0.3, -0.25) is 4.79 Å². The van der Waals surface area contributed by atoms with E-state index >= 15 is 0 Å². The number of tetrazole rings is 1. The molecule has 1 aromatic carbocycles. The predicted octanol–water partition coefficient (Wildman–Crippen LogP) is 2.14. The Morgan fingerprint density at radius 2 is 2.18 bits per heavy atom. The van der Waals surface area contributed by atoms with E-state index in [2.05, 4.69) is 20.8 Å². The number of benzene rings is 1. The van der Waals surface area contributed by atoms with Gasteiger partial charge >= 0.3 is 0 Å². The number of ether oxygens (including phenoxy) is 1. The summed E-state index contributed by atoms with van der Waals surface area (Å²) in [7, 11) is 1.61. The van der Waals surface area contributed by atoms with E-state index in [-0.39, 0.29) is 5.91 Å². The summed E-state index contributed by atoms with van der Waals surface area (Å²) in [6, 6.07) is 7.71. The molecule has 1 saturated carbocycles. The van der Waals surface area contributed by atoms with Crippen LogP contribution in [-0.4, -0.2) is 39.0 Å². The Morgan fingerprint density at radius 3 is 2.86 bits per heavy atom. The van der Waals surface area contributed by atoms with E-state index in [1.54, 1.807) is 7.11 Å². The minimum Gasteiger partial charge on any atom is -0.497 e. The molecule has 116 valence electrons. The number of anilines is 1. The van der Waals surface area contributed by atoms with Crippen molar-refractivity contribution in [2.24, 2.45) is 0 Å². The lowest BCUT2D eigenvalue weighted by Gasteiger charge is -2.06. The molecular formula is C14H17N5O2S. The van der Waals surface area contributed by atoms with Gasteiger partial charge in [-0.1, -0.05) is 11.8 Å². The van der Waals surface area contributed by atoms with Gasteiger partial charge in [-0.05, 0) is 47.5 Å². The van der Waals surface area contributed by atoms with Gasteiger partial charge in [-0.25, -0.2) is 4.68 Å². The first kappa shape index (κ1) is 14.8. The Labute approximate surface area is 132 Å². The van der Waals surface area contributed by atoms with Crippen LogP contribution in [0.1, 0.15) is 25.3 Å². The van der Waals surface area contributed by atoms with Crippen molar-refractivity contribution < 1.29 is 9.53 Å². The SMILES string of the molecule is COc1ccc(NC(=O)CCSc2nnnn2C2CC2)cc1. The fourth-order valence-corrected chi connectivity index (χ4v) is 2.84. The number of nitrogens with one attached hydrogen (secondary N) is 1. The minimum absolute atomic E-state index is 0.0249. The third-order valence-electron chi connectivity index (χ3n) is 3.29. The summed E-state index contributed by atoms with van der Waals surface area (Å²) < 4.78 is 6.93. The van der Waals surface area contributed by atoms with Crippen LogP contribution in [0.2, 0.25) is 0 Å². The van der Waals surface area contributed by atoms with Crippen LogP contribution < -0.4 is 10.1 Å². The summed E-state index contributed by atoms with van der Waals surface area (Å²) in [5.41, 5.74) is 0.763. The molecule has 0 aliphatic heterocycles. The molecule has 0 saturated heterocycles. The number of carbonyl (C=O) groups excluding carboxylic acids is 1. The number of thioether (sulfide) groups is 1. The van der Waals surface area contributed by atoms with E-state index in [9.17, 15) is 4.79 Å². The lowest BCUT2D eigenvalue weighted by Crippen LogP contribution is -2.12. The number of amides is 1. The zero-order valence-corrected chi connectivity index (χ0v) is 13.0. The minimum atomic E-state index is -0.0249. The van der Waals surface area contributed by atoms with Crippen molar-refractivity contribution in [2.45, 2.75) is 30.5 Å². The predicted molar refractivity (Wildman–Crippen MR) is 83.1 cm³/mol. The highest BCUT2D eigenvalue weighted by molar-refractivity contribution is 7.99. The van der Waals surface area contributed by atoms with Crippen molar-refractivity contribution in [1.82, 2.24) is 20.2 Å². The molecule has 1 N–H and O–H groups in total. The Morgan fingerprint density at radius 1 is 1.41 bits per heavy atom. The second kappa shape index (κ2) is 6.78. The van der Waals surface area contributed by atoms with Gasteiger partial charge < -0.3 is 10.1 Å². The highest BCUT2D eigenvalue weighted by atomic mass is 32.2. The van der Waals surface area contributed by atoms with Crippen molar-refractivity contribution in [3.63, 3.8) is 0 Å². The third-order valence-corrected chi connectivity index (χ3v) is 4.22. The number of hydrogen-bond donors (Lipinski definition) is 1. The Bertz CT molecular complexity index is 639. The molecule has 3 rings (SSSR count). The normalized spacial score (nSPS) is 13.9. The molecule has 22 heavy (non-hydrogen) atoms. The Kier molecular flexibility index (Phi) is 4.57. The number of rotatable bonds is 7. The zero-order valence-electron chi connectivity index (χ0n) is 12.2. The Balaban J connectivity index is 1.44. The molecule has 0 atom stereocenters. The number of carbonyl (C=O) groups is 1. The summed E-state index contributed by atoms with van der Waals surface area (Å²) >= 11 is 1.51. The van der Waals surface area contributed by atoms with Gasteiger partial charge in [0.15, 0.2) is 0 Å². The molecule has 0 radical (unpaired) electrons. The van der Waals surface area contributed by atoms with Crippen LogP contribution in [-0.2, 0) is 4.79 Å². The van der Waals surface area contributed by atoms with Crippen LogP contribution in [0.3, 0.4) is 0 Å². The van der Waals surface area contributed by atoms with Gasteiger partial charge in [0.1, 0.15) is 5.75 Å². The van der Waals surface area contributed by atoms with E-state index in [4.69, 9.17) is 4.74 Å². The monoisotopic (exact) mass is 319 g/mol. The van der Waals surface area contributed by atoms with Crippen molar-refractivity contribution in [3.8, 4) is 5.75 Å². The summed E-state index contributed by atoms with van der Waals surface area (Å²) in [6.45, 7) is 0. The first-order valence-corrected chi connectivity index (χ1v) is 8.09. The quantitative estimate of drug-likeness (QED) is 0.787. The van der Waals surface area contributed by atoms with E-state index in [1.807, 2.05) is 28.9 Å². The molecular weight excluding hydrogens is 302 g/mol. The van der Waals surface area contributed by atoms with Crippen molar-refractivity contribution in [1.29, 1.82) is 0 Å². The molecule has 1 amide bonds. The smallest absolute Gasteiger partial charge is 0.225 e. The lowest BCUT2D eigenvalue weighted by atomic mass is 10.3. The topological polar surface area (TPSA) is 81.9 Å². The fraction of sp³-hybridized carbons (Fsp3) is 0.429. The van der Waals surface area contributed by atoms with Gasteiger partial charge in [0.2, 0.25) is 11.1 Å². The average molecular weight is 319 g/mol. The maximum absolute atomic E-state index is 11.9. The van der Waals surface area contributed by atoms with E-state index < -0.39 is 0 Å². The highest BCUT2D eigenvalue weighted by Crippen LogP contribution is 2.36. The first-order valence-electron chi connectivity index (χ1n) is 7.11. The molecule has 7 nitrogen and oxygen atoms in total. The molecule has 1 aliphatic carbocycles. The Hall–Kier alpha value is -2.09. The largest absolute Gasteiger partial charge is 0.497 e. The van der Waals surface area contributed by atoms with Crippen LogP contribution in [0.4, 0.5) is 5.69 Å². The average Bonchev–Trinajstić information content (AvgIpc) is 3.27.